The number of thiophene rings is 1. The minimum absolute atomic E-state index is 0.0861. The van der Waals surface area contributed by atoms with Crippen molar-refractivity contribution in [1.82, 2.24) is 4.98 Å². The van der Waals surface area contributed by atoms with Crippen LogP contribution in [0.5, 0.6) is 0 Å². The van der Waals surface area contributed by atoms with E-state index in [4.69, 9.17) is 0 Å². The third kappa shape index (κ3) is 3.37. The lowest BCUT2D eigenvalue weighted by atomic mass is 10.0. The number of amides is 1. The maximum atomic E-state index is 12.7. The Labute approximate surface area is 165 Å². The summed E-state index contributed by atoms with van der Waals surface area (Å²) in [6.07, 6.45) is 0. The lowest BCUT2D eigenvalue weighted by Crippen LogP contribution is -2.15. The topological polar surface area (TPSA) is 79.3 Å². The number of carboxylic acids is 1. The van der Waals surface area contributed by atoms with Crippen LogP contribution in [0.25, 0.3) is 22.0 Å². The van der Waals surface area contributed by atoms with Crippen LogP contribution in [0, 0.1) is 6.92 Å². The first-order valence-corrected chi connectivity index (χ1v) is 9.50. The molecule has 1 amide bonds. The number of hydrogen-bond acceptors (Lipinski definition) is 4. The maximum Gasteiger partial charge on any atom is 0.339 e. The van der Waals surface area contributed by atoms with Gasteiger partial charge in [0.15, 0.2) is 0 Å². The standard InChI is InChI=1S/C22H16N2O3S/c1-13-6-8-14(9-7-13)16-12-28-21(19(16)22(26)27)24-20(25)18-11-10-15-4-2-3-5-17(15)23-18/h2-12H,1H3,(H,24,25)(H,26,27). The molecule has 0 aliphatic rings. The molecule has 0 fully saturated rings. The van der Waals surface area contributed by atoms with Crippen molar-refractivity contribution in [3.63, 3.8) is 0 Å². The van der Waals surface area contributed by atoms with Gasteiger partial charge >= 0.3 is 5.97 Å². The smallest absolute Gasteiger partial charge is 0.339 e. The third-order valence-electron chi connectivity index (χ3n) is 4.43. The fraction of sp³-hybridized carbons (Fsp3) is 0.0455. The fourth-order valence-corrected chi connectivity index (χ4v) is 3.92. The highest BCUT2D eigenvalue weighted by atomic mass is 32.1. The van der Waals surface area contributed by atoms with Crippen molar-refractivity contribution >= 4 is 39.1 Å². The summed E-state index contributed by atoms with van der Waals surface area (Å²) in [5.41, 5.74) is 3.50. The molecule has 28 heavy (non-hydrogen) atoms. The first-order valence-electron chi connectivity index (χ1n) is 8.62. The van der Waals surface area contributed by atoms with E-state index < -0.39 is 11.9 Å². The number of para-hydroxylation sites is 1. The average Bonchev–Trinajstić information content (AvgIpc) is 3.12. The number of aromatic nitrogens is 1. The van der Waals surface area contributed by atoms with E-state index in [1.54, 1.807) is 11.4 Å². The van der Waals surface area contributed by atoms with E-state index in [1.165, 1.54) is 11.3 Å². The molecule has 0 aliphatic heterocycles. The van der Waals surface area contributed by atoms with Crippen LogP contribution in [-0.4, -0.2) is 22.0 Å². The van der Waals surface area contributed by atoms with Crippen LogP contribution < -0.4 is 5.32 Å². The molecule has 0 aliphatic carbocycles. The first-order chi connectivity index (χ1) is 13.5. The number of anilines is 1. The van der Waals surface area contributed by atoms with Gasteiger partial charge in [-0.05, 0) is 24.6 Å². The van der Waals surface area contributed by atoms with E-state index in [0.29, 0.717) is 16.1 Å². The molecule has 2 heterocycles. The molecule has 4 aromatic rings. The van der Waals surface area contributed by atoms with Crippen molar-refractivity contribution in [2.24, 2.45) is 0 Å². The summed E-state index contributed by atoms with van der Waals surface area (Å²) in [7, 11) is 0. The number of carboxylic acid groups (broad SMARTS) is 1. The zero-order chi connectivity index (χ0) is 19.7. The second kappa shape index (κ2) is 7.25. The number of benzene rings is 2. The number of carbonyl (C=O) groups excluding carboxylic acids is 1. The highest BCUT2D eigenvalue weighted by molar-refractivity contribution is 7.15. The lowest BCUT2D eigenvalue weighted by molar-refractivity contribution is 0.0699. The summed E-state index contributed by atoms with van der Waals surface area (Å²) in [5, 5.41) is 15.4. The van der Waals surface area contributed by atoms with E-state index in [9.17, 15) is 14.7 Å². The highest BCUT2D eigenvalue weighted by Gasteiger charge is 2.22. The molecule has 0 bridgehead atoms. The van der Waals surface area contributed by atoms with Gasteiger partial charge in [-0.2, -0.15) is 0 Å². The molecule has 0 saturated carbocycles. The Balaban J connectivity index is 1.68. The summed E-state index contributed by atoms with van der Waals surface area (Å²) in [5.74, 6) is -1.52. The zero-order valence-corrected chi connectivity index (χ0v) is 15.8. The van der Waals surface area contributed by atoms with Crippen LogP contribution in [0.2, 0.25) is 0 Å². The second-order valence-corrected chi connectivity index (χ2v) is 7.25. The molecule has 0 unspecified atom stereocenters. The van der Waals surface area contributed by atoms with Crippen LogP contribution in [0.15, 0.2) is 66.0 Å². The van der Waals surface area contributed by atoms with Crippen molar-refractivity contribution < 1.29 is 14.7 Å². The van der Waals surface area contributed by atoms with Gasteiger partial charge in [-0.15, -0.1) is 11.3 Å². The number of fused-ring (bicyclic) bond motifs is 1. The Kier molecular flexibility index (Phi) is 4.63. The van der Waals surface area contributed by atoms with E-state index in [1.807, 2.05) is 61.5 Å². The largest absolute Gasteiger partial charge is 0.478 e. The number of nitrogens with zero attached hydrogens (tertiary/aromatic N) is 1. The summed E-state index contributed by atoms with van der Waals surface area (Å²) in [4.78, 5) is 28.9. The summed E-state index contributed by atoms with van der Waals surface area (Å²) >= 11 is 1.19. The van der Waals surface area contributed by atoms with Crippen LogP contribution >= 0.6 is 11.3 Å². The third-order valence-corrected chi connectivity index (χ3v) is 5.32. The maximum absolute atomic E-state index is 12.7. The van der Waals surface area contributed by atoms with Crippen molar-refractivity contribution in [2.45, 2.75) is 6.92 Å². The Morgan fingerprint density at radius 3 is 2.50 bits per heavy atom. The number of rotatable bonds is 4. The summed E-state index contributed by atoms with van der Waals surface area (Å²) < 4.78 is 0. The predicted octanol–water partition coefficient (Wildman–Crippen LogP) is 5.22. The number of hydrogen-bond donors (Lipinski definition) is 2. The Bertz CT molecular complexity index is 1200. The van der Waals surface area contributed by atoms with Gasteiger partial charge in [0.2, 0.25) is 0 Å². The SMILES string of the molecule is Cc1ccc(-c2csc(NC(=O)c3ccc4ccccc4n3)c2C(=O)O)cc1. The number of carbonyl (C=O) groups is 2. The quantitative estimate of drug-likeness (QED) is 0.502. The van der Waals surface area contributed by atoms with Crippen molar-refractivity contribution in [3.05, 3.63) is 82.9 Å². The van der Waals surface area contributed by atoms with Crippen molar-refractivity contribution in [1.29, 1.82) is 0 Å². The molecule has 6 heteroatoms. The van der Waals surface area contributed by atoms with Crippen LogP contribution in [0.1, 0.15) is 26.4 Å². The van der Waals surface area contributed by atoms with E-state index in [0.717, 1.165) is 16.5 Å². The predicted molar refractivity (Wildman–Crippen MR) is 111 cm³/mol. The van der Waals surface area contributed by atoms with Crippen molar-refractivity contribution in [2.75, 3.05) is 5.32 Å². The Morgan fingerprint density at radius 2 is 1.75 bits per heavy atom. The molecule has 2 aromatic carbocycles. The minimum atomic E-state index is -1.08. The normalized spacial score (nSPS) is 10.8. The second-order valence-electron chi connectivity index (χ2n) is 6.37. The number of aromatic carboxylic acids is 1. The monoisotopic (exact) mass is 388 g/mol. The summed E-state index contributed by atoms with van der Waals surface area (Å²) in [6.45, 7) is 1.97. The van der Waals surface area contributed by atoms with Gasteiger partial charge in [0.05, 0.1) is 5.52 Å². The van der Waals surface area contributed by atoms with Gasteiger partial charge in [-0.25, -0.2) is 9.78 Å². The molecule has 0 spiro atoms. The molecular weight excluding hydrogens is 372 g/mol. The molecule has 0 radical (unpaired) electrons. The van der Waals surface area contributed by atoms with Gasteiger partial charge < -0.3 is 10.4 Å². The van der Waals surface area contributed by atoms with Crippen LogP contribution in [-0.2, 0) is 0 Å². The Morgan fingerprint density at radius 1 is 1.00 bits per heavy atom. The number of aryl methyl sites for hydroxylation is 1. The van der Waals surface area contributed by atoms with E-state index in [2.05, 4.69) is 10.3 Å². The number of nitrogens with one attached hydrogen (secondary N) is 1. The molecule has 138 valence electrons. The van der Waals surface area contributed by atoms with Gasteiger partial charge in [-0.1, -0.05) is 54.1 Å². The molecule has 0 atom stereocenters. The van der Waals surface area contributed by atoms with Gasteiger partial charge in [0, 0.05) is 16.3 Å². The molecule has 5 nitrogen and oxygen atoms in total. The Hall–Kier alpha value is -3.51. The highest BCUT2D eigenvalue weighted by Crippen LogP contribution is 2.36. The molecule has 2 N–H and O–H groups in total. The van der Waals surface area contributed by atoms with Gasteiger partial charge in [0.1, 0.15) is 16.3 Å². The van der Waals surface area contributed by atoms with Crippen LogP contribution in [0.3, 0.4) is 0 Å². The van der Waals surface area contributed by atoms with Crippen molar-refractivity contribution in [3.8, 4) is 11.1 Å². The number of pyridine rings is 1. The summed E-state index contributed by atoms with van der Waals surface area (Å²) in [6, 6.07) is 18.6. The zero-order valence-electron chi connectivity index (χ0n) is 15.0. The lowest BCUT2D eigenvalue weighted by Gasteiger charge is -2.07. The van der Waals surface area contributed by atoms with Gasteiger partial charge in [-0.3, -0.25) is 4.79 Å². The molecular formula is C22H16N2O3S. The molecule has 4 rings (SSSR count). The van der Waals surface area contributed by atoms with Gasteiger partial charge in [0.25, 0.3) is 5.91 Å². The minimum Gasteiger partial charge on any atom is -0.478 e. The van der Waals surface area contributed by atoms with E-state index in [-0.39, 0.29) is 11.3 Å². The molecule has 0 saturated heterocycles. The van der Waals surface area contributed by atoms with E-state index >= 15 is 0 Å². The fourth-order valence-electron chi connectivity index (χ4n) is 2.97. The molecule has 2 aromatic heterocycles. The average molecular weight is 388 g/mol. The first kappa shape index (κ1) is 17.9. The van der Waals surface area contributed by atoms with Crippen LogP contribution in [0.4, 0.5) is 5.00 Å².